The second-order valence-electron chi connectivity index (χ2n) is 2.73. The van der Waals surface area contributed by atoms with Crippen molar-refractivity contribution in [3.8, 4) is 5.75 Å². The fourth-order valence-corrected chi connectivity index (χ4v) is 1.17. The lowest BCUT2D eigenvalue weighted by Gasteiger charge is -2.20. The zero-order valence-electron chi connectivity index (χ0n) is 7.95. The van der Waals surface area contributed by atoms with E-state index in [-0.39, 0.29) is 0 Å². The Labute approximate surface area is 78.3 Å². The molecule has 0 bridgehead atoms. The monoisotopic (exact) mass is 181 g/mol. The summed E-state index contributed by atoms with van der Waals surface area (Å²) < 4.78 is 5.20. The highest BCUT2D eigenvalue weighted by Gasteiger charge is 2.04. The lowest BCUT2D eigenvalue weighted by Crippen LogP contribution is -2.35. The van der Waals surface area contributed by atoms with E-state index in [0.29, 0.717) is 6.67 Å². The van der Waals surface area contributed by atoms with Crippen molar-refractivity contribution in [3.63, 3.8) is 0 Å². The topological polar surface area (TPSA) is 50.5 Å². The third-order valence-corrected chi connectivity index (χ3v) is 1.82. The summed E-state index contributed by atoms with van der Waals surface area (Å²) in [4.78, 5) is 1.97. The Hall–Kier alpha value is -1.26. The Balaban J connectivity index is 2.85. The Kier molecular flexibility index (Phi) is 3.54. The number of hydrogen-bond acceptors (Lipinski definition) is 4. The molecule has 0 saturated heterocycles. The molecule has 0 aliphatic carbocycles. The highest BCUT2D eigenvalue weighted by molar-refractivity contribution is 5.57. The molecule has 0 unspecified atom stereocenters. The van der Waals surface area contributed by atoms with Gasteiger partial charge in [0.05, 0.1) is 19.5 Å². The van der Waals surface area contributed by atoms with E-state index in [0.717, 1.165) is 11.4 Å². The average molecular weight is 181 g/mol. The van der Waals surface area contributed by atoms with Crippen LogP contribution in [0.3, 0.4) is 0 Å². The van der Waals surface area contributed by atoms with Gasteiger partial charge in [-0.1, -0.05) is 12.1 Å². The maximum absolute atomic E-state index is 5.23. The van der Waals surface area contributed by atoms with Gasteiger partial charge in [0, 0.05) is 7.05 Å². The molecular weight excluding hydrogens is 166 g/mol. The van der Waals surface area contributed by atoms with Crippen molar-refractivity contribution >= 4 is 5.69 Å². The van der Waals surface area contributed by atoms with Crippen molar-refractivity contribution in [1.82, 2.24) is 5.43 Å². The Morgan fingerprint density at radius 2 is 2.15 bits per heavy atom. The van der Waals surface area contributed by atoms with E-state index in [1.165, 1.54) is 0 Å². The van der Waals surface area contributed by atoms with Crippen LogP contribution >= 0.6 is 0 Å². The van der Waals surface area contributed by atoms with Crippen LogP contribution in [-0.4, -0.2) is 20.8 Å². The van der Waals surface area contributed by atoms with Crippen molar-refractivity contribution < 1.29 is 4.74 Å². The standard InChI is InChI=1S/C9H15N3O/c1-12(7-11-10)8-5-3-4-6-9(8)13-2/h3-6,11H,7,10H2,1-2H3. The number of ether oxygens (including phenoxy) is 1. The van der Waals surface area contributed by atoms with Crippen LogP contribution in [-0.2, 0) is 0 Å². The fourth-order valence-electron chi connectivity index (χ4n) is 1.17. The van der Waals surface area contributed by atoms with E-state index >= 15 is 0 Å². The molecule has 1 aromatic carbocycles. The number of benzene rings is 1. The van der Waals surface area contributed by atoms with Gasteiger partial charge in [-0.05, 0) is 12.1 Å². The predicted molar refractivity (Wildman–Crippen MR) is 53.6 cm³/mol. The van der Waals surface area contributed by atoms with Gasteiger partial charge in [-0.3, -0.25) is 5.84 Å². The SMILES string of the molecule is COc1ccccc1N(C)CNN. The highest BCUT2D eigenvalue weighted by Crippen LogP contribution is 2.25. The molecule has 0 fully saturated rings. The summed E-state index contributed by atoms with van der Waals surface area (Å²) >= 11 is 0. The summed E-state index contributed by atoms with van der Waals surface area (Å²) in [7, 11) is 3.60. The number of nitrogens with two attached hydrogens (primary N) is 1. The molecular formula is C9H15N3O. The summed E-state index contributed by atoms with van der Waals surface area (Å²) in [6.45, 7) is 0.584. The van der Waals surface area contributed by atoms with Crippen LogP contribution in [0.15, 0.2) is 24.3 Å². The minimum atomic E-state index is 0.584. The zero-order valence-corrected chi connectivity index (χ0v) is 7.95. The molecule has 0 amide bonds. The van der Waals surface area contributed by atoms with Crippen molar-refractivity contribution in [2.75, 3.05) is 25.7 Å². The predicted octanol–water partition coefficient (Wildman–Crippen LogP) is 0.552. The summed E-state index contributed by atoms with van der Waals surface area (Å²) in [5.41, 5.74) is 3.60. The van der Waals surface area contributed by atoms with Crippen LogP contribution < -0.4 is 20.9 Å². The van der Waals surface area contributed by atoms with E-state index in [9.17, 15) is 0 Å². The van der Waals surface area contributed by atoms with Crippen LogP contribution in [0.25, 0.3) is 0 Å². The number of methoxy groups -OCH3 is 1. The molecule has 1 rings (SSSR count). The molecule has 0 aliphatic heterocycles. The molecule has 13 heavy (non-hydrogen) atoms. The van der Waals surface area contributed by atoms with Gasteiger partial charge in [0.2, 0.25) is 0 Å². The molecule has 72 valence electrons. The number of nitrogens with zero attached hydrogens (tertiary/aromatic N) is 1. The summed E-state index contributed by atoms with van der Waals surface area (Å²) in [5, 5.41) is 0. The van der Waals surface area contributed by atoms with Crippen molar-refractivity contribution in [3.05, 3.63) is 24.3 Å². The maximum atomic E-state index is 5.23. The molecule has 0 aliphatic rings. The van der Waals surface area contributed by atoms with Crippen LogP contribution in [0.4, 0.5) is 5.69 Å². The first-order chi connectivity index (χ1) is 6.29. The number of para-hydroxylation sites is 2. The first-order valence-electron chi connectivity index (χ1n) is 4.07. The summed E-state index contributed by atoms with van der Waals surface area (Å²) in [6.07, 6.45) is 0. The van der Waals surface area contributed by atoms with E-state index in [1.807, 2.05) is 36.2 Å². The maximum Gasteiger partial charge on any atom is 0.142 e. The van der Waals surface area contributed by atoms with Gasteiger partial charge in [0.25, 0.3) is 0 Å². The smallest absolute Gasteiger partial charge is 0.142 e. The van der Waals surface area contributed by atoms with E-state index in [4.69, 9.17) is 10.6 Å². The molecule has 0 heterocycles. The average Bonchev–Trinajstić information content (AvgIpc) is 2.18. The second kappa shape index (κ2) is 4.69. The van der Waals surface area contributed by atoms with Crippen molar-refractivity contribution in [2.24, 2.45) is 5.84 Å². The normalized spacial score (nSPS) is 9.77. The fraction of sp³-hybridized carbons (Fsp3) is 0.333. The van der Waals surface area contributed by atoms with Crippen LogP contribution in [0.2, 0.25) is 0 Å². The first kappa shape index (κ1) is 9.83. The van der Waals surface area contributed by atoms with Crippen LogP contribution in [0, 0.1) is 0 Å². The first-order valence-corrected chi connectivity index (χ1v) is 4.07. The zero-order chi connectivity index (χ0) is 9.68. The quantitative estimate of drug-likeness (QED) is 0.404. The molecule has 1 aromatic rings. The number of nitrogens with one attached hydrogen (secondary N) is 1. The van der Waals surface area contributed by atoms with Gasteiger partial charge in [-0.15, -0.1) is 0 Å². The minimum absolute atomic E-state index is 0.584. The lowest BCUT2D eigenvalue weighted by molar-refractivity contribution is 0.414. The number of hydrazine groups is 1. The molecule has 0 atom stereocenters. The van der Waals surface area contributed by atoms with Crippen molar-refractivity contribution in [1.29, 1.82) is 0 Å². The molecule has 4 nitrogen and oxygen atoms in total. The van der Waals surface area contributed by atoms with Crippen LogP contribution in [0.1, 0.15) is 0 Å². The molecule has 0 aromatic heterocycles. The summed E-state index contributed by atoms with van der Waals surface area (Å²) in [5.74, 6) is 6.07. The second-order valence-corrected chi connectivity index (χ2v) is 2.73. The van der Waals surface area contributed by atoms with E-state index in [2.05, 4.69) is 5.43 Å². The molecule has 0 spiro atoms. The summed E-state index contributed by atoms with van der Waals surface area (Å²) in [6, 6.07) is 7.80. The van der Waals surface area contributed by atoms with Gasteiger partial charge in [0.1, 0.15) is 5.75 Å². The molecule has 0 saturated carbocycles. The Morgan fingerprint density at radius 1 is 1.46 bits per heavy atom. The van der Waals surface area contributed by atoms with Gasteiger partial charge in [-0.2, -0.15) is 0 Å². The van der Waals surface area contributed by atoms with Gasteiger partial charge in [-0.25, -0.2) is 5.43 Å². The largest absolute Gasteiger partial charge is 0.495 e. The van der Waals surface area contributed by atoms with E-state index < -0.39 is 0 Å². The molecule has 3 N–H and O–H groups in total. The third kappa shape index (κ3) is 2.34. The Bertz CT molecular complexity index is 265. The number of rotatable bonds is 4. The lowest BCUT2D eigenvalue weighted by atomic mass is 10.3. The number of anilines is 1. The molecule has 4 heteroatoms. The van der Waals surface area contributed by atoms with E-state index in [1.54, 1.807) is 7.11 Å². The van der Waals surface area contributed by atoms with Gasteiger partial charge < -0.3 is 9.64 Å². The molecule has 0 radical (unpaired) electrons. The van der Waals surface area contributed by atoms with Crippen LogP contribution in [0.5, 0.6) is 5.75 Å². The van der Waals surface area contributed by atoms with Gasteiger partial charge >= 0.3 is 0 Å². The van der Waals surface area contributed by atoms with Crippen molar-refractivity contribution in [2.45, 2.75) is 0 Å². The number of hydrogen-bond donors (Lipinski definition) is 2. The minimum Gasteiger partial charge on any atom is -0.495 e. The third-order valence-electron chi connectivity index (χ3n) is 1.82. The Morgan fingerprint density at radius 3 is 2.77 bits per heavy atom. The van der Waals surface area contributed by atoms with Gasteiger partial charge in [0.15, 0.2) is 0 Å². The highest BCUT2D eigenvalue weighted by atomic mass is 16.5.